The number of nitrogens with zero attached hydrogens (tertiary/aromatic N) is 2. The molecule has 21 heavy (non-hydrogen) atoms. The van der Waals surface area contributed by atoms with Gasteiger partial charge in [-0.3, -0.25) is 0 Å². The number of hydrogen-bond acceptors (Lipinski definition) is 2. The van der Waals surface area contributed by atoms with E-state index in [2.05, 4.69) is 26.3 Å². The van der Waals surface area contributed by atoms with Crippen LogP contribution in [0.4, 0.5) is 13.2 Å². The van der Waals surface area contributed by atoms with E-state index in [-0.39, 0.29) is 12.1 Å². The van der Waals surface area contributed by atoms with Crippen LogP contribution >= 0.6 is 15.9 Å². The summed E-state index contributed by atoms with van der Waals surface area (Å²) in [6.07, 6.45) is -4.39. The molecule has 2 rings (SSSR count). The van der Waals surface area contributed by atoms with Crippen molar-refractivity contribution in [3.8, 4) is 5.69 Å². The molecule has 0 fully saturated rings. The van der Waals surface area contributed by atoms with Crippen molar-refractivity contribution in [1.29, 1.82) is 0 Å². The van der Waals surface area contributed by atoms with Crippen LogP contribution in [-0.2, 0) is 12.7 Å². The Balaban J connectivity index is 2.59. The third-order valence-corrected chi connectivity index (χ3v) is 4.36. The van der Waals surface area contributed by atoms with Crippen LogP contribution in [0.3, 0.4) is 0 Å². The molecule has 0 aliphatic rings. The van der Waals surface area contributed by atoms with Crippen LogP contribution < -0.4 is 5.32 Å². The van der Waals surface area contributed by atoms with Gasteiger partial charge >= 0.3 is 6.18 Å². The molecule has 0 amide bonds. The van der Waals surface area contributed by atoms with Crippen molar-refractivity contribution in [2.45, 2.75) is 26.6 Å². The third-order valence-electron chi connectivity index (χ3n) is 3.21. The first-order valence-electron chi connectivity index (χ1n) is 6.32. The van der Waals surface area contributed by atoms with Crippen LogP contribution in [0.2, 0.25) is 0 Å². The fraction of sp³-hybridized carbons (Fsp3) is 0.357. The fourth-order valence-corrected chi connectivity index (χ4v) is 2.43. The van der Waals surface area contributed by atoms with Crippen molar-refractivity contribution >= 4 is 15.9 Å². The lowest BCUT2D eigenvalue weighted by Crippen LogP contribution is -2.15. The van der Waals surface area contributed by atoms with Crippen molar-refractivity contribution in [3.05, 3.63) is 45.2 Å². The summed E-state index contributed by atoms with van der Waals surface area (Å²) in [5.74, 6) is 0. The molecule has 7 heteroatoms. The van der Waals surface area contributed by atoms with Gasteiger partial charge in [0, 0.05) is 6.54 Å². The molecule has 0 spiro atoms. The van der Waals surface area contributed by atoms with Crippen molar-refractivity contribution in [2.75, 3.05) is 7.05 Å². The van der Waals surface area contributed by atoms with E-state index in [4.69, 9.17) is 0 Å². The number of hydrogen-bond donors (Lipinski definition) is 1. The average Bonchev–Trinajstić information content (AvgIpc) is 2.66. The Hall–Kier alpha value is -1.34. The number of halogens is 4. The Bertz CT molecular complexity index is 662. The van der Waals surface area contributed by atoms with Gasteiger partial charge in [0.2, 0.25) is 0 Å². The summed E-state index contributed by atoms with van der Waals surface area (Å²) in [4.78, 5) is 0. The number of rotatable bonds is 3. The Morgan fingerprint density at radius 3 is 2.43 bits per heavy atom. The van der Waals surface area contributed by atoms with E-state index >= 15 is 0 Å². The summed E-state index contributed by atoms with van der Waals surface area (Å²) in [6.45, 7) is 3.77. The molecule has 2 aromatic rings. The Kier molecular flexibility index (Phi) is 4.43. The number of aromatic nitrogens is 2. The second-order valence-corrected chi connectivity index (χ2v) is 5.56. The molecule has 0 radical (unpaired) electrons. The number of benzene rings is 1. The molecule has 0 bridgehead atoms. The second-order valence-electron chi connectivity index (χ2n) is 4.77. The summed E-state index contributed by atoms with van der Waals surface area (Å²) in [5.41, 5.74) is 1.48. The molecule has 1 heterocycles. The lowest BCUT2D eigenvalue weighted by molar-refractivity contribution is -0.138. The van der Waals surface area contributed by atoms with Crippen LogP contribution in [0.15, 0.2) is 22.7 Å². The second kappa shape index (κ2) is 5.81. The average molecular weight is 362 g/mol. The third kappa shape index (κ3) is 3.13. The lowest BCUT2D eigenvalue weighted by Gasteiger charge is -2.15. The quantitative estimate of drug-likeness (QED) is 0.895. The van der Waals surface area contributed by atoms with E-state index in [0.29, 0.717) is 5.69 Å². The highest BCUT2D eigenvalue weighted by molar-refractivity contribution is 9.10. The molecule has 1 aromatic heterocycles. The van der Waals surface area contributed by atoms with E-state index in [1.165, 1.54) is 10.7 Å². The highest BCUT2D eigenvalue weighted by Gasteiger charge is 2.33. The topological polar surface area (TPSA) is 29.9 Å². The maximum Gasteiger partial charge on any atom is 0.416 e. The molecular weight excluding hydrogens is 347 g/mol. The van der Waals surface area contributed by atoms with Crippen molar-refractivity contribution in [3.63, 3.8) is 0 Å². The van der Waals surface area contributed by atoms with E-state index in [0.717, 1.165) is 21.9 Å². The molecule has 0 saturated heterocycles. The highest BCUT2D eigenvalue weighted by atomic mass is 79.9. The van der Waals surface area contributed by atoms with Gasteiger partial charge in [0.1, 0.15) is 0 Å². The Morgan fingerprint density at radius 1 is 1.29 bits per heavy atom. The van der Waals surface area contributed by atoms with Gasteiger partial charge in [-0.2, -0.15) is 18.3 Å². The van der Waals surface area contributed by atoms with Crippen LogP contribution in [0.1, 0.15) is 22.5 Å². The van der Waals surface area contributed by atoms with E-state index < -0.39 is 11.7 Å². The zero-order chi connectivity index (χ0) is 15.8. The largest absolute Gasteiger partial charge is 0.416 e. The normalized spacial score (nSPS) is 12.0. The van der Waals surface area contributed by atoms with Crippen LogP contribution in [-0.4, -0.2) is 16.8 Å². The number of aryl methyl sites for hydroxylation is 1. The Labute approximate surface area is 129 Å². The standard InChI is InChI=1S/C14H15BrF3N3/c1-8-13(15)9(2)21(20-8)11-5-4-10(7-19-3)12(6-11)14(16,17)18/h4-6,19H,7H2,1-3H3. The smallest absolute Gasteiger partial charge is 0.316 e. The maximum absolute atomic E-state index is 13.2. The van der Waals surface area contributed by atoms with Gasteiger partial charge < -0.3 is 5.32 Å². The fourth-order valence-electron chi connectivity index (χ4n) is 2.18. The first kappa shape index (κ1) is 16.0. The minimum absolute atomic E-state index is 0.163. The van der Waals surface area contributed by atoms with E-state index in [9.17, 15) is 13.2 Å². The monoisotopic (exact) mass is 361 g/mol. The van der Waals surface area contributed by atoms with Crippen molar-refractivity contribution < 1.29 is 13.2 Å². The number of nitrogens with one attached hydrogen (secondary N) is 1. The first-order chi connectivity index (χ1) is 9.75. The molecule has 0 unspecified atom stereocenters. The molecule has 0 aliphatic carbocycles. The summed E-state index contributed by atoms with van der Waals surface area (Å²) >= 11 is 3.38. The van der Waals surface area contributed by atoms with Crippen LogP contribution in [0.5, 0.6) is 0 Å². The predicted molar refractivity (Wildman–Crippen MR) is 78.5 cm³/mol. The zero-order valence-electron chi connectivity index (χ0n) is 11.8. The SMILES string of the molecule is CNCc1ccc(-n2nc(C)c(Br)c2C)cc1C(F)(F)F. The predicted octanol–water partition coefficient (Wildman–Crippen LogP) is 3.99. The number of alkyl halides is 3. The van der Waals surface area contributed by atoms with Gasteiger partial charge in [0.05, 0.1) is 27.1 Å². The Morgan fingerprint density at radius 2 is 1.95 bits per heavy atom. The molecule has 0 atom stereocenters. The van der Waals surface area contributed by atoms with E-state index in [1.807, 2.05) is 0 Å². The summed E-state index contributed by atoms with van der Waals surface area (Å²) in [5, 5.41) is 7.02. The molecule has 1 N–H and O–H groups in total. The molecule has 3 nitrogen and oxygen atoms in total. The molecule has 1 aromatic carbocycles. The lowest BCUT2D eigenvalue weighted by atomic mass is 10.1. The minimum atomic E-state index is -4.39. The maximum atomic E-state index is 13.2. The summed E-state index contributed by atoms with van der Waals surface area (Å²) < 4.78 is 41.9. The first-order valence-corrected chi connectivity index (χ1v) is 7.11. The molecule has 0 aliphatic heterocycles. The van der Waals surface area contributed by atoms with Gasteiger partial charge in [-0.1, -0.05) is 6.07 Å². The molecule has 0 saturated carbocycles. The summed E-state index contributed by atoms with van der Waals surface area (Å²) in [6, 6.07) is 4.27. The van der Waals surface area contributed by atoms with E-state index in [1.54, 1.807) is 27.0 Å². The summed E-state index contributed by atoms with van der Waals surface area (Å²) in [7, 11) is 1.62. The molecule has 114 valence electrons. The minimum Gasteiger partial charge on any atom is -0.316 e. The van der Waals surface area contributed by atoms with Gasteiger partial charge in [0.15, 0.2) is 0 Å². The molecular formula is C14H15BrF3N3. The highest BCUT2D eigenvalue weighted by Crippen LogP contribution is 2.34. The van der Waals surface area contributed by atoms with Gasteiger partial charge in [-0.15, -0.1) is 0 Å². The van der Waals surface area contributed by atoms with Gasteiger partial charge in [-0.05, 0) is 54.5 Å². The van der Waals surface area contributed by atoms with Crippen LogP contribution in [0, 0.1) is 13.8 Å². The van der Waals surface area contributed by atoms with Crippen molar-refractivity contribution in [1.82, 2.24) is 15.1 Å². The van der Waals surface area contributed by atoms with Crippen LogP contribution in [0.25, 0.3) is 5.69 Å². The van der Waals surface area contributed by atoms with Gasteiger partial charge in [-0.25, -0.2) is 4.68 Å². The van der Waals surface area contributed by atoms with Crippen molar-refractivity contribution in [2.24, 2.45) is 0 Å². The van der Waals surface area contributed by atoms with Gasteiger partial charge in [0.25, 0.3) is 0 Å². The zero-order valence-corrected chi connectivity index (χ0v) is 13.4.